The lowest BCUT2D eigenvalue weighted by molar-refractivity contribution is -0.134. The van der Waals surface area contributed by atoms with E-state index in [9.17, 15) is 10.2 Å². The Morgan fingerprint density at radius 2 is 2.00 bits per heavy atom. The lowest BCUT2D eigenvalue weighted by atomic mass is 9.82. The number of aromatic nitrogens is 3. The van der Waals surface area contributed by atoms with Gasteiger partial charge in [-0.05, 0) is 24.1 Å². The maximum Gasteiger partial charge on any atom is 0.194 e. The third-order valence-corrected chi connectivity index (χ3v) is 5.28. The topological polar surface area (TPSA) is 106 Å². The molecule has 3 aromatic rings. The summed E-state index contributed by atoms with van der Waals surface area (Å²) >= 11 is 0. The number of nitrogen functional groups attached to an aromatic ring is 1. The summed E-state index contributed by atoms with van der Waals surface area (Å²) in [4.78, 5) is 3.97. The first kappa shape index (κ1) is 20.8. The predicted molar refractivity (Wildman–Crippen MR) is 111 cm³/mol. The van der Waals surface area contributed by atoms with Gasteiger partial charge in [0.15, 0.2) is 11.4 Å². The summed E-state index contributed by atoms with van der Waals surface area (Å²) in [6.07, 6.45) is 6.02. The van der Waals surface area contributed by atoms with Crippen LogP contribution < -0.4 is 5.73 Å². The van der Waals surface area contributed by atoms with Crippen LogP contribution in [0.2, 0.25) is 0 Å². The van der Waals surface area contributed by atoms with Gasteiger partial charge in [0.05, 0.1) is 18.4 Å². The van der Waals surface area contributed by atoms with Gasteiger partial charge in [0.2, 0.25) is 0 Å². The maximum absolute atomic E-state index is 11.6. The van der Waals surface area contributed by atoms with Crippen molar-refractivity contribution in [3.8, 4) is 12.3 Å². The van der Waals surface area contributed by atoms with Crippen molar-refractivity contribution in [2.24, 2.45) is 5.92 Å². The van der Waals surface area contributed by atoms with Crippen molar-refractivity contribution in [2.75, 3.05) is 5.73 Å². The van der Waals surface area contributed by atoms with Crippen molar-refractivity contribution >= 4 is 11.3 Å². The Balaban J connectivity index is 2.04. The average Bonchev–Trinajstić information content (AvgIpc) is 3.19. The number of anilines is 1. The Hall–Kier alpha value is -2.92. The van der Waals surface area contributed by atoms with Crippen LogP contribution in [0.3, 0.4) is 0 Å². The van der Waals surface area contributed by atoms with Crippen molar-refractivity contribution in [1.29, 1.82) is 0 Å². The molecule has 2 aromatic heterocycles. The van der Waals surface area contributed by atoms with Crippen molar-refractivity contribution in [3.63, 3.8) is 0 Å². The van der Waals surface area contributed by atoms with Gasteiger partial charge in [0, 0.05) is 5.92 Å². The van der Waals surface area contributed by atoms with Crippen molar-refractivity contribution in [1.82, 2.24) is 14.6 Å². The van der Waals surface area contributed by atoms with Crippen LogP contribution in [0, 0.1) is 18.3 Å². The minimum absolute atomic E-state index is 0.233. The molecular formula is C22H26N4O3. The van der Waals surface area contributed by atoms with Crippen LogP contribution in [0.4, 0.5) is 5.82 Å². The molecule has 0 fully saturated rings. The number of nitrogens with zero attached hydrogens (tertiary/aromatic N) is 3. The smallest absolute Gasteiger partial charge is 0.194 e. The lowest BCUT2D eigenvalue weighted by Gasteiger charge is -2.37. The minimum Gasteiger partial charge on any atom is -0.393 e. The molecule has 0 spiro atoms. The maximum atomic E-state index is 11.6. The van der Waals surface area contributed by atoms with Gasteiger partial charge in [-0.15, -0.1) is 6.42 Å². The van der Waals surface area contributed by atoms with E-state index in [0.29, 0.717) is 17.6 Å². The Morgan fingerprint density at radius 3 is 2.66 bits per heavy atom. The van der Waals surface area contributed by atoms with Crippen molar-refractivity contribution < 1.29 is 14.9 Å². The van der Waals surface area contributed by atoms with Crippen LogP contribution in [0.1, 0.15) is 31.5 Å². The normalized spacial score (nSPS) is 16.7. The fourth-order valence-corrected chi connectivity index (χ4v) is 3.53. The number of nitrogens with two attached hydrogens (primary N) is 1. The summed E-state index contributed by atoms with van der Waals surface area (Å²) in [5.74, 6) is 2.31. The van der Waals surface area contributed by atoms with Crippen molar-refractivity contribution in [2.45, 2.75) is 44.7 Å². The number of hydrogen-bond acceptors (Lipinski definition) is 6. The molecule has 7 heteroatoms. The molecule has 0 radical (unpaired) electrons. The van der Waals surface area contributed by atoms with E-state index in [2.05, 4.69) is 16.0 Å². The minimum atomic E-state index is -1.85. The van der Waals surface area contributed by atoms with E-state index in [1.807, 2.05) is 44.2 Å². The summed E-state index contributed by atoms with van der Waals surface area (Å²) in [6, 6.07) is 12.9. The fourth-order valence-electron chi connectivity index (χ4n) is 3.53. The molecule has 0 saturated heterocycles. The molecule has 0 saturated carbocycles. The van der Waals surface area contributed by atoms with Gasteiger partial charge in [0.25, 0.3) is 0 Å². The largest absolute Gasteiger partial charge is 0.393 e. The molecule has 7 nitrogen and oxygen atoms in total. The van der Waals surface area contributed by atoms with Gasteiger partial charge in [-0.25, -0.2) is 9.50 Å². The summed E-state index contributed by atoms with van der Waals surface area (Å²) in [6.45, 7) is 3.91. The second kappa shape index (κ2) is 8.62. The van der Waals surface area contributed by atoms with Gasteiger partial charge < -0.3 is 20.7 Å². The molecule has 0 aliphatic heterocycles. The Bertz CT molecular complexity index is 998. The Kier molecular flexibility index (Phi) is 6.18. The zero-order chi connectivity index (χ0) is 21.0. The van der Waals surface area contributed by atoms with Crippen LogP contribution >= 0.6 is 0 Å². The monoisotopic (exact) mass is 394 g/mol. The standard InChI is InChI=1S/C22H26N4O3/c1-4-18(27)15(3)20(29-13-16-9-7-6-8-10-16)22(28,5-2)19-12-11-17-21(23)24-14-25-26(17)19/h2,6-12,14-15,18,20,27-28H,4,13H2,1,3H3,(H2,23,24,25)/t15-,18-,20-,22+/m1/s1. The van der Waals surface area contributed by atoms with Gasteiger partial charge >= 0.3 is 0 Å². The molecule has 0 aliphatic carbocycles. The predicted octanol–water partition coefficient (Wildman–Crippen LogP) is 2.12. The molecule has 3 rings (SSSR count). The highest BCUT2D eigenvalue weighted by Gasteiger charge is 2.45. The molecule has 4 N–H and O–H groups in total. The number of aliphatic hydroxyl groups excluding tert-OH is 1. The lowest BCUT2D eigenvalue weighted by Crippen LogP contribution is -2.48. The average molecular weight is 394 g/mol. The summed E-state index contributed by atoms with van der Waals surface area (Å²) in [5, 5.41) is 26.3. The van der Waals surface area contributed by atoms with E-state index in [4.69, 9.17) is 16.9 Å². The number of rotatable bonds is 8. The van der Waals surface area contributed by atoms with Gasteiger partial charge in [0.1, 0.15) is 17.9 Å². The quantitative estimate of drug-likeness (QED) is 0.506. The molecule has 0 amide bonds. The highest BCUT2D eigenvalue weighted by atomic mass is 16.5. The Labute approximate surface area is 170 Å². The zero-order valence-corrected chi connectivity index (χ0v) is 16.6. The Morgan fingerprint density at radius 1 is 1.28 bits per heavy atom. The number of hydrogen-bond donors (Lipinski definition) is 3. The number of terminal acetylenes is 1. The first-order valence-electron chi connectivity index (χ1n) is 9.54. The number of ether oxygens (including phenoxy) is 1. The van der Waals surface area contributed by atoms with Gasteiger partial charge in [-0.1, -0.05) is 50.1 Å². The molecule has 4 atom stereocenters. The van der Waals surface area contributed by atoms with E-state index in [-0.39, 0.29) is 12.4 Å². The number of benzene rings is 1. The van der Waals surface area contributed by atoms with Crippen LogP contribution in [-0.2, 0) is 16.9 Å². The van der Waals surface area contributed by atoms with E-state index < -0.39 is 23.7 Å². The number of aliphatic hydroxyl groups is 2. The molecule has 1 aromatic carbocycles. The van der Waals surface area contributed by atoms with Gasteiger partial charge in [-0.2, -0.15) is 5.10 Å². The van der Waals surface area contributed by atoms with E-state index in [1.165, 1.54) is 10.8 Å². The third-order valence-electron chi connectivity index (χ3n) is 5.28. The molecule has 0 unspecified atom stereocenters. The van der Waals surface area contributed by atoms with Crippen LogP contribution in [0.5, 0.6) is 0 Å². The molecule has 152 valence electrons. The summed E-state index contributed by atoms with van der Waals surface area (Å²) in [7, 11) is 0. The molecule has 0 aliphatic rings. The first-order chi connectivity index (χ1) is 13.9. The molecule has 29 heavy (non-hydrogen) atoms. The molecule has 2 heterocycles. The van der Waals surface area contributed by atoms with E-state index in [0.717, 1.165) is 5.56 Å². The third kappa shape index (κ3) is 3.96. The van der Waals surface area contributed by atoms with E-state index >= 15 is 0 Å². The van der Waals surface area contributed by atoms with Crippen molar-refractivity contribution in [3.05, 3.63) is 60.0 Å². The highest BCUT2D eigenvalue weighted by molar-refractivity contribution is 5.66. The highest BCUT2D eigenvalue weighted by Crippen LogP contribution is 2.35. The van der Waals surface area contributed by atoms with E-state index in [1.54, 1.807) is 12.1 Å². The molecular weight excluding hydrogens is 368 g/mol. The fraction of sp³-hybridized carbons (Fsp3) is 0.364. The van der Waals surface area contributed by atoms with Crippen LogP contribution in [0.15, 0.2) is 48.8 Å². The summed E-state index contributed by atoms with van der Waals surface area (Å²) < 4.78 is 7.60. The second-order valence-electron chi connectivity index (χ2n) is 7.12. The van der Waals surface area contributed by atoms with Crippen LogP contribution in [-0.4, -0.2) is 37.0 Å². The number of fused-ring (bicyclic) bond motifs is 1. The first-order valence-corrected chi connectivity index (χ1v) is 9.54. The molecule has 0 bridgehead atoms. The van der Waals surface area contributed by atoms with Gasteiger partial charge in [-0.3, -0.25) is 0 Å². The second-order valence-corrected chi connectivity index (χ2v) is 7.12. The van der Waals surface area contributed by atoms with Crippen LogP contribution in [0.25, 0.3) is 5.52 Å². The summed E-state index contributed by atoms with van der Waals surface area (Å²) in [5.41, 5.74) is 5.86. The zero-order valence-electron chi connectivity index (χ0n) is 16.6. The SMILES string of the molecule is C#C[C@](O)(c1ccc2c(N)ncnn12)[C@H](OCc1ccccc1)[C@H](C)[C@H](O)CC.